The van der Waals surface area contributed by atoms with Crippen molar-refractivity contribution in [3.63, 3.8) is 0 Å². The van der Waals surface area contributed by atoms with Crippen molar-refractivity contribution in [2.45, 2.75) is 26.7 Å². The lowest BCUT2D eigenvalue weighted by molar-refractivity contribution is 1.08. The molecule has 0 aliphatic rings. The van der Waals surface area contributed by atoms with Gasteiger partial charge in [0.1, 0.15) is 0 Å². The molecule has 12 heavy (non-hydrogen) atoms. The molecule has 0 saturated heterocycles. The highest BCUT2D eigenvalue weighted by atomic mass is 15.2. The topological polar surface area (TPSA) is 38.0 Å². The maximum atomic E-state index is 5.37. The largest absolute Gasteiger partial charge is 0.324 e. The van der Waals surface area contributed by atoms with Gasteiger partial charge >= 0.3 is 0 Å². The molecule has 0 amide bonds. The third-order valence-electron chi connectivity index (χ3n) is 2.11. The first-order valence-electron chi connectivity index (χ1n) is 4.40. The summed E-state index contributed by atoms with van der Waals surface area (Å²) in [6.07, 6.45) is 2.10. The molecule has 0 bridgehead atoms. The fourth-order valence-corrected chi connectivity index (χ4v) is 1.30. The van der Waals surface area contributed by atoms with Crippen LogP contribution < -0.4 is 11.3 Å². The summed E-state index contributed by atoms with van der Waals surface area (Å²) < 4.78 is 0. The molecule has 0 aliphatic heterocycles. The molecule has 2 nitrogen and oxygen atoms in total. The number of aryl methyl sites for hydroxylation is 2. The number of nitrogens with two attached hydrogens (primary N) is 1. The predicted molar refractivity (Wildman–Crippen MR) is 53.0 cm³/mol. The number of nitrogen functional groups attached to an aromatic ring is 1. The normalized spacial score (nSPS) is 9.92. The van der Waals surface area contributed by atoms with Gasteiger partial charge in [0, 0.05) is 0 Å². The highest BCUT2D eigenvalue weighted by molar-refractivity contribution is 5.51. The molecule has 0 aromatic heterocycles. The first kappa shape index (κ1) is 9.07. The van der Waals surface area contributed by atoms with Crippen LogP contribution in [0.4, 0.5) is 5.69 Å². The second-order valence-electron chi connectivity index (χ2n) is 2.84. The summed E-state index contributed by atoms with van der Waals surface area (Å²) in [5.74, 6) is 5.37. The van der Waals surface area contributed by atoms with Crippen LogP contribution in [-0.4, -0.2) is 0 Å². The monoisotopic (exact) mass is 164 g/mol. The lowest BCUT2D eigenvalue weighted by Gasteiger charge is -2.08. The second-order valence-corrected chi connectivity index (χ2v) is 2.84. The molecule has 2 heteroatoms. The average molecular weight is 164 g/mol. The molecule has 0 radical (unpaired) electrons. The Bertz CT molecular complexity index is 256. The van der Waals surface area contributed by atoms with Gasteiger partial charge in [-0.3, -0.25) is 5.84 Å². The molecule has 0 saturated carbocycles. The molecule has 0 aliphatic carbocycles. The highest BCUT2D eigenvalue weighted by Crippen LogP contribution is 2.17. The van der Waals surface area contributed by atoms with Gasteiger partial charge in [-0.15, -0.1) is 0 Å². The molecule has 1 aromatic rings. The molecule has 0 heterocycles. The number of anilines is 1. The molecule has 0 spiro atoms. The van der Waals surface area contributed by atoms with Crippen molar-refractivity contribution in [3.05, 3.63) is 29.3 Å². The van der Waals surface area contributed by atoms with Gasteiger partial charge in [-0.1, -0.05) is 26.0 Å². The number of benzene rings is 1. The van der Waals surface area contributed by atoms with Crippen LogP contribution in [-0.2, 0) is 12.8 Å². The lowest BCUT2D eigenvalue weighted by atomic mass is 10.1. The smallest absolute Gasteiger partial charge is 0.0517 e. The highest BCUT2D eigenvalue weighted by Gasteiger charge is 1.98. The Kier molecular flexibility index (Phi) is 3.11. The van der Waals surface area contributed by atoms with Crippen molar-refractivity contribution in [1.29, 1.82) is 0 Å². The number of hydrogen-bond acceptors (Lipinski definition) is 2. The quantitative estimate of drug-likeness (QED) is 0.530. The van der Waals surface area contributed by atoms with E-state index >= 15 is 0 Å². The van der Waals surface area contributed by atoms with Gasteiger partial charge in [0.15, 0.2) is 0 Å². The zero-order chi connectivity index (χ0) is 8.97. The molecule has 3 N–H and O–H groups in total. The van der Waals surface area contributed by atoms with E-state index in [1.54, 1.807) is 0 Å². The van der Waals surface area contributed by atoms with E-state index in [0.717, 1.165) is 18.5 Å². The Morgan fingerprint density at radius 3 is 2.50 bits per heavy atom. The summed E-state index contributed by atoms with van der Waals surface area (Å²) >= 11 is 0. The maximum absolute atomic E-state index is 5.37. The Morgan fingerprint density at radius 2 is 2.00 bits per heavy atom. The van der Waals surface area contributed by atoms with Crippen LogP contribution in [0.3, 0.4) is 0 Å². The summed E-state index contributed by atoms with van der Waals surface area (Å²) in [4.78, 5) is 0. The van der Waals surface area contributed by atoms with E-state index in [1.165, 1.54) is 11.1 Å². The SMILES string of the molecule is CCc1ccc(NN)c(CC)c1. The Morgan fingerprint density at radius 1 is 1.25 bits per heavy atom. The number of nitrogens with one attached hydrogen (secondary N) is 1. The van der Waals surface area contributed by atoms with Gasteiger partial charge in [-0.25, -0.2) is 0 Å². The second kappa shape index (κ2) is 4.12. The molecule has 0 unspecified atom stereocenters. The van der Waals surface area contributed by atoms with Crippen molar-refractivity contribution >= 4 is 5.69 Å². The molecule has 0 atom stereocenters. The lowest BCUT2D eigenvalue weighted by Crippen LogP contribution is -2.09. The fraction of sp³-hybridized carbons (Fsp3) is 0.400. The zero-order valence-corrected chi connectivity index (χ0v) is 7.72. The van der Waals surface area contributed by atoms with Gasteiger partial charge in [0.2, 0.25) is 0 Å². The number of hydrazine groups is 1. The average Bonchev–Trinajstić information content (AvgIpc) is 2.16. The predicted octanol–water partition coefficient (Wildman–Crippen LogP) is 2.10. The summed E-state index contributed by atoms with van der Waals surface area (Å²) in [5, 5.41) is 0. The van der Waals surface area contributed by atoms with E-state index in [9.17, 15) is 0 Å². The minimum atomic E-state index is 1.02. The first-order chi connectivity index (χ1) is 5.81. The van der Waals surface area contributed by atoms with Gasteiger partial charge in [0.05, 0.1) is 5.69 Å². The Hall–Kier alpha value is -1.02. The molecule has 1 aromatic carbocycles. The van der Waals surface area contributed by atoms with E-state index < -0.39 is 0 Å². The van der Waals surface area contributed by atoms with Crippen LogP contribution in [0.1, 0.15) is 25.0 Å². The zero-order valence-electron chi connectivity index (χ0n) is 7.72. The minimum Gasteiger partial charge on any atom is -0.324 e. The minimum absolute atomic E-state index is 1.02. The summed E-state index contributed by atoms with van der Waals surface area (Å²) in [6, 6.07) is 6.35. The number of hydrogen-bond donors (Lipinski definition) is 2. The fourth-order valence-electron chi connectivity index (χ4n) is 1.30. The van der Waals surface area contributed by atoms with Crippen molar-refractivity contribution in [2.24, 2.45) is 5.84 Å². The summed E-state index contributed by atoms with van der Waals surface area (Å²) in [6.45, 7) is 4.29. The van der Waals surface area contributed by atoms with Crippen LogP contribution in [0.25, 0.3) is 0 Å². The van der Waals surface area contributed by atoms with Crippen molar-refractivity contribution in [3.8, 4) is 0 Å². The van der Waals surface area contributed by atoms with Gasteiger partial charge in [-0.05, 0) is 30.0 Å². The van der Waals surface area contributed by atoms with E-state index in [-0.39, 0.29) is 0 Å². The van der Waals surface area contributed by atoms with Crippen molar-refractivity contribution in [1.82, 2.24) is 0 Å². The molecular formula is C10H16N2. The van der Waals surface area contributed by atoms with E-state index in [0.29, 0.717) is 0 Å². The van der Waals surface area contributed by atoms with Crippen LogP contribution in [0.2, 0.25) is 0 Å². The third-order valence-corrected chi connectivity index (χ3v) is 2.11. The molecular weight excluding hydrogens is 148 g/mol. The Labute approximate surface area is 73.8 Å². The van der Waals surface area contributed by atoms with Crippen molar-refractivity contribution < 1.29 is 0 Å². The first-order valence-corrected chi connectivity index (χ1v) is 4.40. The molecule has 0 fully saturated rings. The van der Waals surface area contributed by atoms with Crippen LogP contribution >= 0.6 is 0 Å². The van der Waals surface area contributed by atoms with Gasteiger partial charge in [-0.2, -0.15) is 0 Å². The van der Waals surface area contributed by atoms with E-state index in [2.05, 4.69) is 31.4 Å². The van der Waals surface area contributed by atoms with E-state index in [1.807, 2.05) is 6.07 Å². The van der Waals surface area contributed by atoms with Crippen LogP contribution in [0.15, 0.2) is 18.2 Å². The van der Waals surface area contributed by atoms with Crippen LogP contribution in [0, 0.1) is 0 Å². The van der Waals surface area contributed by atoms with Gasteiger partial charge < -0.3 is 5.43 Å². The summed E-state index contributed by atoms with van der Waals surface area (Å²) in [7, 11) is 0. The summed E-state index contributed by atoms with van der Waals surface area (Å²) in [5.41, 5.74) is 6.39. The standard InChI is InChI=1S/C10H16N2/c1-3-8-5-6-10(12-11)9(4-2)7-8/h5-7,12H,3-4,11H2,1-2H3. The molecule has 66 valence electrons. The number of rotatable bonds is 3. The molecule has 1 rings (SSSR count). The van der Waals surface area contributed by atoms with Crippen LogP contribution in [0.5, 0.6) is 0 Å². The van der Waals surface area contributed by atoms with Crippen molar-refractivity contribution in [2.75, 3.05) is 5.43 Å². The Balaban J connectivity index is 3.02. The maximum Gasteiger partial charge on any atom is 0.0517 e. The van der Waals surface area contributed by atoms with Gasteiger partial charge in [0.25, 0.3) is 0 Å². The van der Waals surface area contributed by atoms with E-state index in [4.69, 9.17) is 5.84 Å². The third kappa shape index (κ3) is 1.77.